The van der Waals surface area contributed by atoms with Gasteiger partial charge in [-0.2, -0.15) is 11.3 Å². The molecule has 0 aliphatic heterocycles. The highest BCUT2D eigenvalue weighted by Gasteiger charge is 2.43. The van der Waals surface area contributed by atoms with Crippen LogP contribution in [0.2, 0.25) is 0 Å². The SMILES string of the molecule is CC(N)(C(=O)CCc1ccsc1)C1CC1. The fourth-order valence-corrected chi connectivity index (χ4v) is 2.58. The predicted molar refractivity (Wildman–Crippen MR) is 63.0 cm³/mol. The lowest BCUT2D eigenvalue weighted by atomic mass is 9.88. The smallest absolute Gasteiger partial charge is 0.152 e. The van der Waals surface area contributed by atoms with E-state index in [1.165, 1.54) is 5.56 Å². The van der Waals surface area contributed by atoms with Gasteiger partial charge in [0.25, 0.3) is 0 Å². The summed E-state index contributed by atoms with van der Waals surface area (Å²) in [6.07, 6.45) is 3.66. The van der Waals surface area contributed by atoms with Gasteiger partial charge in [0.1, 0.15) is 0 Å². The third kappa shape index (κ3) is 2.47. The number of hydrogen-bond donors (Lipinski definition) is 1. The summed E-state index contributed by atoms with van der Waals surface area (Å²) in [4.78, 5) is 11.9. The van der Waals surface area contributed by atoms with Gasteiger partial charge in [-0.05, 0) is 54.5 Å². The zero-order chi connectivity index (χ0) is 10.9. The Bertz CT molecular complexity index is 339. The Morgan fingerprint density at radius 3 is 2.93 bits per heavy atom. The molecular formula is C12H17NOS. The van der Waals surface area contributed by atoms with Gasteiger partial charge in [-0.25, -0.2) is 0 Å². The number of hydrogen-bond acceptors (Lipinski definition) is 3. The largest absolute Gasteiger partial charge is 0.319 e. The first-order valence-corrected chi connectivity index (χ1v) is 6.38. The van der Waals surface area contributed by atoms with Crippen molar-refractivity contribution in [3.8, 4) is 0 Å². The van der Waals surface area contributed by atoms with Gasteiger partial charge >= 0.3 is 0 Å². The third-order valence-electron chi connectivity index (χ3n) is 3.25. The van der Waals surface area contributed by atoms with Gasteiger partial charge in [-0.1, -0.05) is 0 Å². The van der Waals surface area contributed by atoms with Crippen LogP contribution in [0.1, 0.15) is 31.7 Å². The molecule has 1 aliphatic rings. The number of carbonyl (C=O) groups excluding carboxylic acids is 1. The van der Waals surface area contributed by atoms with Crippen LogP contribution >= 0.6 is 11.3 Å². The summed E-state index contributed by atoms with van der Waals surface area (Å²) in [6, 6.07) is 2.07. The van der Waals surface area contributed by atoms with Crippen LogP contribution in [0.25, 0.3) is 0 Å². The second kappa shape index (κ2) is 4.06. The molecule has 1 aliphatic carbocycles. The highest BCUT2D eigenvalue weighted by Crippen LogP contribution is 2.39. The average Bonchev–Trinajstić information content (AvgIpc) is 2.94. The van der Waals surface area contributed by atoms with Gasteiger partial charge in [0.15, 0.2) is 5.78 Å². The Hall–Kier alpha value is -0.670. The van der Waals surface area contributed by atoms with Crippen LogP contribution in [-0.2, 0) is 11.2 Å². The number of aryl methyl sites for hydroxylation is 1. The molecule has 3 heteroatoms. The van der Waals surface area contributed by atoms with Gasteiger partial charge in [0, 0.05) is 6.42 Å². The molecule has 1 saturated carbocycles. The van der Waals surface area contributed by atoms with Gasteiger partial charge in [-0.15, -0.1) is 0 Å². The molecule has 0 aromatic carbocycles. The predicted octanol–water partition coefficient (Wildman–Crippen LogP) is 2.38. The Morgan fingerprint density at radius 1 is 1.67 bits per heavy atom. The zero-order valence-corrected chi connectivity index (χ0v) is 9.85. The maximum atomic E-state index is 11.9. The van der Waals surface area contributed by atoms with E-state index in [1.807, 2.05) is 12.3 Å². The molecule has 1 fully saturated rings. The molecule has 1 heterocycles. The van der Waals surface area contributed by atoms with Crippen LogP contribution in [0, 0.1) is 5.92 Å². The van der Waals surface area contributed by atoms with Crippen molar-refractivity contribution < 1.29 is 4.79 Å². The summed E-state index contributed by atoms with van der Waals surface area (Å²) in [6.45, 7) is 1.89. The van der Waals surface area contributed by atoms with Crippen molar-refractivity contribution in [1.82, 2.24) is 0 Å². The quantitative estimate of drug-likeness (QED) is 0.832. The van der Waals surface area contributed by atoms with E-state index < -0.39 is 5.54 Å². The van der Waals surface area contributed by atoms with Gasteiger partial charge in [-0.3, -0.25) is 4.79 Å². The first-order valence-electron chi connectivity index (χ1n) is 5.44. The molecule has 0 saturated heterocycles. The van der Waals surface area contributed by atoms with Crippen molar-refractivity contribution in [3.63, 3.8) is 0 Å². The number of carbonyl (C=O) groups is 1. The lowest BCUT2D eigenvalue weighted by Crippen LogP contribution is -2.47. The normalized spacial score (nSPS) is 19.9. The maximum Gasteiger partial charge on any atom is 0.152 e. The number of ketones is 1. The molecule has 2 nitrogen and oxygen atoms in total. The number of Topliss-reactive ketones (excluding diaryl/α,β-unsaturated/α-hetero) is 1. The molecule has 2 rings (SSSR count). The van der Waals surface area contributed by atoms with Crippen LogP contribution in [0.4, 0.5) is 0 Å². The van der Waals surface area contributed by atoms with Crippen LogP contribution in [0.3, 0.4) is 0 Å². The van der Waals surface area contributed by atoms with E-state index in [2.05, 4.69) is 11.4 Å². The van der Waals surface area contributed by atoms with Crippen LogP contribution in [-0.4, -0.2) is 11.3 Å². The van der Waals surface area contributed by atoms with Crippen LogP contribution in [0.5, 0.6) is 0 Å². The summed E-state index contributed by atoms with van der Waals surface area (Å²) in [5.74, 6) is 0.656. The molecule has 0 radical (unpaired) electrons. The van der Waals surface area contributed by atoms with E-state index >= 15 is 0 Å². The minimum Gasteiger partial charge on any atom is -0.319 e. The minimum absolute atomic E-state index is 0.219. The lowest BCUT2D eigenvalue weighted by molar-refractivity contribution is -0.124. The Morgan fingerprint density at radius 2 is 2.40 bits per heavy atom. The molecule has 1 aromatic heterocycles. The van der Waals surface area contributed by atoms with E-state index in [0.29, 0.717) is 12.3 Å². The van der Waals surface area contributed by atoms with Crippen molar-refractivity contribution in [2.75, 3.05) is 0 Å². The standard InChI is InChI=1S/C12H17NOS/c1-12(13,10-3-4-10)11(14)5-2-9-6-7-15-8-9/h6-8,10H,2-5,13H2,1H3. The van der Waals surface area contributed by atoms with Gasteiger partial charge in [0.05, 0.1) is 5.54 Å². The Labute approximate surface area is 94.5 Å². The first-order chi connectivity index (χ1) is 7.10. The lowest BCUT2D eigenvalue weighted by Gasteiger charge is -2.22. The van der Waals surface area contributed by atoms with Crippen molar-refractivity contribution in [3.05, 3.63) is 22.4 Å². The van der Waals surface area contributed by atoms with E-state index in [1.54, 1.807) is 11.3 Å². The maximum absolute atomic E-state index is 11.9. The molecule has 1 aromatic rings. The summed E-state index contributed by atoms with van der Waals surface area (Å²) in [5.41, 5.74) is 6.73. The molecule has 2 N–H and O–H groups in total. The molecular weight excluding hydrogens is 206 g/mol. The minimum atomic E-state index is -0.573. The fraction of sp³-hybridized carbons (Fsp3) is 0.583. The summed E-state index contributed by atoms with van der Waals surface area (Å²) in [7, 11) is 0. The highest BCUT2D eigenvalue weighted by atomic mass is 32.1. The van der Waals surface area contributed by atoms with Crippen molar-refractivity contribution >= 4 is 17.1 Å². The molecule has 0 amide bonds. The number of thiophene rings is 1. The molecule has 15 heavy (non-hydrogen) atoms. The molecule has 82 valence electrons. The molecule has 1 unspecified atom stereocenters. The Kier molecular flexibility index (Phi) is 2.94. The summed E-state index contributed by atoms with van der Waals surface area (Å²) >= 11 is 1.67. The van der Waals surface area contributed by atoms with Crippen molar-refractivity contribution in [2.24, 2.45) is 11.7 Å². The number of rotatable bonds is 5. The van der Waals surface area contributed by atoms with E-state index in [0.717, 1.165) is 19.3 Å². The van der Waals surface area contributed by atoms with Gasteiger partial charge < -0.3 is 5.73 Å². The van der Waals surface area contributed by atoms with Crippen molar-refractivity contribution in [1.29, 1.82) is 0 Å². The topological polar surface area (TPSA) is 43.1 Å². The monoisotopic (exact) mass is 223 g/mol. The Balaban J connectivity index is 1.86. The zero-order valence-electron chi connectivity index (χ0n) is 9.03. The molecule has 0 spiro atoms. The summed E-state index contributed by atoms with van der Waals surface area (Å²) < 4.78 is 0. The van der Waals surface area contributed by atoms with E-state index in [4.69, 9.17) is 5.73 Å². The molecule has 0 bridgehead atoms. The first kappa shape index (κ1) is 10.8. The fourth-order valence-electron chi connectivity index (χ4n) is 1.87. The number of nitrogens with two attached hydrogens (primary N) is 1. The second-order valence-electron chi connectivity index (χ2n) is 4.61. The van der Waals surface area contributed by atoms with Crippen LogP contribution in [0.15, 0.2) is 16.8 Å². The third-order valence-corrected chi connectivity index (χ3v) is 3.98. The van der Waals surface area contributed by atoms with Gasteiger partial charge in [0.2, 0.25) is 0 Å². The highest BCUT2D eigenvalue weighted by molar-refractivity contribution is 7.07. The van der Waals surface area contributed by atoms with E-state index in [9.17, 15) is 4.79 Å². The average molecular weight is 223 g/mol. The second-order valence-corrected chi connectivity index (χ2v) is 5.39. The van der Waals surface area contributed by atoms with Crippen molar-refractivity contribution in [2.45, 2.75) is 38.1 Å². The molecule has 1 atom stereocenters. The van der Waals surface area contributed by atoms with Crippen LogP contribution < -0.4 is 5.73 Å². The van der Waals surface area contributed by atoms with E-state index in [-0.39, 0.29) is 5.78 Å². The summed E-state index contributed by atoms with van der Waals surface area (Å²) in [5, 5.41) is 4.14.